The van der Waals surface area contributed by atoms with Crippen LogP contribution < -0.4 is 17.0 Å². The van der Waals surface area contributed by atoms with Crippen molar-refractivity contribution in [3.63, 3.8) is 0 Å². The largest absolute Gasteiger partial charge is 1.00 e. The van der Waals surface area contributed by atoms with Crippen LogP contribution in [0.2, 0.25) is 0 Å². The molecule has 0 aliphatic carbocycles. The number of rotatable bonds is 6. The molecular weight excluding hydrogens is 334 g/mol. The summed E-state index contributed by atoms with van der Waals surface area (Å²) in [5.74, 6) is 0.478. The molecule has 1 atom stereocenters. The van der Waals surface area contributed by atoms with E-state index in [1.807, 2.05) is 0 Å². The highest BCUT2D eigenvalue weighted by Crippen LogP contribution is 2.31. The molecule has 0 unspecified atom stereocenters. The molecule has 2 heteroatoms. The molecule has 0 N–H and O–H groups in total. The predicted molar refractivity (Wildman–Crippen MR) is 91.5 cm³/mol. The Bertz CT molecular complexity index is 497. The zero-order valence-corrected chi connectivity index (χ0v) is 15.8. The van der Waals surface area contributed by atoms with Gasteiger partial charge in [-0.05, 0) is 25.0 Å². The maximum atomic E-state index is 2.38. The summed E-state index contributed by atoms with van der Waals surface area (Å²) in [5, 5.41) is 0. The lowest BCUT2D eigenvalue weighted by molar-refractivity contribution is -0.911. The summed E-state index contributed by atoms with van der Waals surface area (Å²) in [6.07, 6.45) is 1.18. The molecule has 120 valence electrons. The van der Waals surface area contributed by atoms with E-state index in [1.54, 1.807) is 0 Å². The number of quaternary nitrogens is 1. The summed E-state index contributed by atoms with van der Waals surface area (Å²) in [5.41, 5.74) is 2.85. The fourth-order valence-corrected chi connectivity index (χ4v) is 2.77. The third-order valence-corrected chi connectivity index (χ3v) is 4.99. The van der Waals surface area contributed by atoms with E-state index in [2.05, 4.69) is 88.6 Å². The third-order valence-electron chi connectivity index (χ3n) is 4.99. The van der Waals surface area contributed by atoms with Crippen LogP contribution in [0.4, 0.5) is 0 Å². The average Bonchev–Trinajstić information content (AvgIpc) is 2.54. The molecule has 2 aromatic rings. The summed E-state index contributed by atoms with van der Waals surface area (Å²) in [4.78, 5) is 0. The van der Waals surface area contributed by atoms with Gasteiger partial charge in [0.25, 0.3) is 0 Å². The molecule has 0 aliphatic rings. The van der Waals surface area contributed by atoms with Crippen molar-refractivity contribution in [2.45, 2.75) is 32.2 Å². The Morgan fingerprint density at radius 2 is 1.23 bits per heavy atom. The van der Waals surface area contributed by atoms with Crippen molar-refractivity contribution in [3.8, 4) is 0 Å². The highest BCUT2D eigenvalue weighted by molar-refractivity contribution is 5.32. The first-order valence-electron chi connectivity index (χ1n) is 7.97. The smallest absolute Gasteiger partial charge is 0.0866 e. The molecule has 0 aliphatic heterocycles. The molecule has 2 aromatic carbocycles. The predicted octanol–water partition coefficient (Wildman–Crippen LogP) is 1.70. The molecule has 0 saturated heterocycles. The molecule has 0 radical (unpaired) electrons. The van der Waals surface area contributed by atoms with Gasteiger partial charge in [-0.1, -0.05) is 60.7 Å². The monoisotopic (exact) mass is 361 g/mol. The van der Waals surface area contributed by atoms with Gasteiger partial charge in [0.15, 0.2) is 0 Å². The second-order valence-corrected chi connectivity index (χ2v) is 6.55. The topological polar surface area (TPSA) is 0 Å². The molecule has 22 heavy (non-hydrogen) atoms. The van der Waals surface area contributed by atoms with Crippen molar-refractivity contribution in [3.05, 3.63) is 71.8 Å². The minimum atomic E-state index is 0. The van der Waals surface area contributed by atoms with Crippen LogP contribution >= 0.6 is 0 Å². The molecule has 2 rings (SSSR count). The number of halogens is 1. The van der Waals surface area contributed by atoms with Crippen molar-refractivity contribution in [2.24, 2.45) is 0 Å². The third kappa shape index (κ3) is 4.69. The molecule has 0 saturated carbocycles. The van der Waals surface area contributed by atoms with Crippen LogP contribution in [0.1, 0.15) is 37.3 Å². The molecule has 0 bridgehead atoms. The van der Waals surface area contributed by atoms with E-state index in [1.165, 1.54) is 17.5 Å². The van der Waals surface area contributed by atoms with Crippen molar-refractivity contribution in [2.75, 3.05) is 20.6 Å². The standard InChI is InChI=1S/C20H28N.BrH/c1-5-21(3,4)17(2)16-20(18-12-8-6-9-13-18)19-14-10-7-11-15-19;/h6-15,17,20H,5,16H2,1-4H3;1H/q+1;/p-1/t17-;/m1./s1. The zero-order chi connectivity index (χ0) is 15.3. The second-order valence-electron chi connectivity index (χ2n) is 6.55. The van der Waals surface area contributed by atoms with E-state index in [0.717, 1.165) is 11.0 Å². The average molecular weight is 362 g/mol. The first-order valence-corrected chi connectivity index (χ1v) is 7.97. The second kappa shape index (κ2) is 8.50. The van der Waals surface area contributed by atoms with Crippen molar-refractivity contribution in [1.29, 1.82) is 0 Å². The lowest BCUT2D eigenvalue weighted by Crippen LogP contribution is -3.00. The van der Waals surface area contributed by atoms with E-state index < -0.39 is 0 Å². The first kappa shape index (κ1) is 18.9. The first-order chi connectivity index (χ1) is 10.0. The van der Waals surface area contributed by atoms with Crippen LogP contribution in [-0.4, -0.2) is 31.2 Å². The summed E-state index contributed by atoms with van der Waals surface area (Å²) in [7, 11) is 4.66. The number of hydrogen-bond donors (Lipinski definition) is 0. The Balaban J connectivity index is 0.00000242. The van der Waals surface area contributed by atoms with Gasteiger partial charge < -0.3 is 21.5 Å². The summed E-state index contributed by atoms with van der Waals surface area (Å²) >= 11 is 0. The van der Waals surface area contributed by atoms with E-state index in [9.17, 15) is 0 Å². The van der Waals surface area contributed by atoms with Gasteiger partial charge in [-0.25, -0.2) is 0 Å². The van der Waals surface area contributed by atoms with Crippen molar-refractivity contribution in [1.82, 2.24) is 0 Å². The Morgan fingerprint density at radius 3 is 1.59 bits per heavy atom. The van der Waals surface area contributed by atoms with Gasteiger partial charge in [0, 0.05) is 12.3 Å². The molecule has 0 aromatic heterocycles. The van der Waals surface area contributed by atoms with E-state index >= 15 is 0 Å². The summed E-state index contributed by atoms with van der Waals surface area (Å²) < 4.78 is 1.07. The number of hydrogen-bond acceptors (Lipinski definition) is 0. The normalized spacial score (nSPS) is 12.8. The number of benzene rings is 2. The summed E-state index contributed by atoms with van der Waals surface area (Å²) in [6, 6.07) is 22.5. The van der Waals surface area contributed by atoms with Crippen LogP contribution in [0.3, 0.4) is 0 Å². The maximum absolute atomic E-state index is 2.38. The Kier molecular flexibility index (Phi) is 7.31. The van der Waals surface area contributed by atoms with Gasteiger partial charge in [-0.3, -0.25) is 0 Å². The van der Waals surface area contributed by atoms with Gasteiger partial charge in [-0.2, -0.15) is 0 Å². The quantitative estimate of drug-likeness (QED) is 0.687. The van der Waals surface area contributed by atoms with Gasteiger partial charge in [0.1, 0.15) is 0 Å². The molecule has 0 heterocycles. The molecule has 0 amide bonds. The zero-order valence-electron chi connectivity index (χ0n) is 14.2. The lowest BCUT2D eigenvalue weighted by atomic mass is 9.85. The molecule has 0 spiro atoms. The Hall–Kier alpha value is -1.12. The van der Waals surface area contributed by atoms with Crippen molar-refractivity contribution >= 4 is 0 Å². The van der Waals surface area contributed by atoms with Crippen LogP contribution in [-0.2, 0) is 0 Å². The summed E-state index contributed by atoms with van der Waals surface area (Å²) in [6.45, 7) is 5.82. The van der Waals surface area contributed by atoms with Crippen LogP contribution in [0.25, 0.3) is 0 Å². The van der Waals surface area contributed by atoms with Crippen molar-refractivity contribution < 1.29 is 21.5 Å². The van der Waals surface area contributed by atoms with Gasteiger partial charge in [0.05, 0.1) is 26.7 Å². The minimum absolute atomic E-state index is 0. The van der Waals surface area contributed by atoms with E-state index in [-0.39, 0.29) is 17.0 Å². The Morgan fingerprint density at radius 1 is 0.818 bits per heavy atom. The Labute approximate surface area is 146 Å². The molecular formula is C20H28BrN. The molecule has 0 fully saturated rings. The highest BCUT2D eigenvalue weighted by atomic mass is 79.9. The SMILES string of the molecule is CC[N+](C)(C)[C@H](C)CC(c1ccccc1)c1ccccc1.[Br-]. The van der Waals surface area contributed by atoms with Gasteiger partial charge in [0.2, 0.25) is 0 Å². The lowest BCUT2D eigenvalue weighted by Gasteiger charge is -2.37. The minimum Gasteiger partial charge on any atom is -1.00 e. The maximum Gasteiger partial charge on any atom is 0.0866 e. The van der Waals surface area contributed by atoms with E-state index in [4.69, 9.17) is 0 Å². The molecule has 1 nitrogen and oxygen atoms in total. The van der Waals surface area contributed by atoms with Gasteiger partial charge >= 0.3 is 0 Å². The van der Waals surface area contributed by atoms with E-state index in [0.29, 0.717) is 12.0 Å². The fraction of sp³-hybridized carbons (Fsp3) is 0.400. The highest BCUT2D eigenvalue weighted by Gasteiger charge is 2.26. The van der Waals surface area contributed by atoms with Crippen LogP contribution in [0.15, 0.2) is 60.7 Å². The van der Waals surface area contributed by atoms with Gasteiger partial charge in [-0.15, -0.1) is 0 Å². The van der Waals surface area contributed by atoms with Crippen LogP contribution in [0, 0.1) is 0 Å². The number of nitrogens with zero attached hydrogens (tertiary/aromatic N) is 1. The van der Waals surface area contributed by atoms with Crippen LogP contribution in [0.5, 0.6) is 0 Å². The fourth-order valence-electron chi connectivity index (χ4n) is 2.77.